The van der Waals surface area contributed by atoms with E-state index in [1.807, 2.05) is 30.7 Å². The van der Waals surface area contributed by atoms with Crippen LogP contribution in [0.2, 0.25) is 0 Å². The van der Waals surface area contributed by atoms with Gasteiger partial charge in [0, 0.05) is 35.1 Å². The van der Waals surface area contributed by atoms with Crippen molar-refractivity contribution in [3.63, 3.8) is 0 Å². The first kappa shape index (κ1) is 22.6. The van der Waals surface area contributed by atoms with E-state index in [0.29, 0.717) is 18.5 Å². The lowest BCUT2D eigenvalue weighted by molar-refractivity contribution is 0.0474. The molecule has 3 heterocycles. The molecule has 0 aliphatic carbocycles. The lowest BCUT2D eigenvalue weighted by atomic mass is 10.1. The van der Waals surface area contributed by atoms with Crippen LogP contribution < -0.4 is 0 Å². The van der Waals surface area contributed by atoms with Gasteiger partial charge in [-0.1, -0.05) is 13.3 Å². The molecule has 2 amide bonds. The number of ketones is 1. The van der Waals surface area contributed by atoms with Gasteiger partial charge in [-0.05, 0) is 44.5 Å². The van der Waals surface area contributed by atoms with Crippen LogP contribution >= 0.6 is 11.3 Å². The van der Waals surface area contributed by atoms with Crippen molar-refractivity contribution in [1.82, 2.24) is 14.5 Å². The first-order valence-corrected chi connectivity index (χ1v) is 11.5. The van der Waals surface area contributed by atoms with Crippen LogP contribution in [0.3, 0.4) is 0 Å². The maximum absolute atomic E-state index is 12.7. The summed E-state index contributed by atoms with van der Waals surface area (Å²) < 4.78 is 7.11. The third-order valence-corrected chi connectivity index (χ3v) is 6.37. The molecule has 2 aromatic heterocycles. The van der Waals surface area contributed by atoms with Gasteiger partial charge < -0.3 is 4.74 Å². The zero-order valence-corrected chi connectivity index (χ0v) is 19.4. The van der Waals surface area contributed by atoms with Gasteiger partial charge in [0.05, 0.1) is 16.7 Å². The summed E-state index contributed by atoms with van der Waals surface area (Å²) in [5.41, 5.74) is 2.61. The summed E-state index contributed by atoms with van der Waals surface area (Å²) in [6.45, 7) is 5.58. The maximum Gasteiger partial charge on any atom is 0.338 e. The predicted molar refractivity (Wildman–Crippen MR) is 122 cm³/mol. The largest absolute Gasteiger partial charge is 0.454 e. The maximum atomic E-state index is 12.7. The first-order valence-electron chi connectivity index (χ1n) is 10.6. The average molecular weight is 466 g/mol. The molecule has 9 heteroatoms. The monoisotopic (exact) mass is 465 g/mol. The van der Waals surface area contributed by atoms with Crippen molar-refractivity contribution in [2.75, 3.05) is 13.2 Å². The zero-order valence-electron chi connectivity index (χ0n) is 18.6. The summed E-state index contributed by atoms with van der Waals surface area (Å²) in [6.07, 6.45) is 3.26. The van der Waals surface area contributed by atoms with Crippen LogP contribution in [-0.4, -0.2) is 51.2 Å². The summed E-state index contributed by atoms with van der Waals surface area (Å²) in [7, 11) is 0. The smallest absolute Gasteiger partial charge is 0.338 e. The fraction of sp³-hybridized carbons (Fsp3) is 0.292. The summed E-state index contributed by atoms with van der Waals surface area (Å²) in [5.74, 6) is -1.83. The van der Waals surface area contributed by atoms with Gasteiger partial charge in [0.2, 0.25) is 5.78 Å². The van der Waals surface area contributed by atoms with E-state index in [0.717, 1.165) is 22.9 Å². The van der Waals surface area contributed by atoms with Crippen molar-refractivity contribution in [2.45, 2.75) is 33.6 Å². The molecule has 0 atom stereocenters. The predicted octanol–water partition coefficient (Wildman–Crippen LogP) is 3.99. The van der Waals surface area contributed by atoms with Crippen LogP contribution in [0.5, 0.6) is 0 Å². The average Bonchev–Trinajstić information content (AvgIpc) is 3.49. The van der Waals surface area contributed by atoms with Gasteiger partial charge in [0.15, 0.2) is 11.7 Å². The molecule has 8 nitrogen and oxygen atoms in total. The van der Waals surface area contributed by atoms with E-state index in [1.165, 1.54) is 34.4 Å². The van der Waals surface area contributed by atoms with Gasteiger partial charge in [-0.3, -0.25) is 23.9 Å². The number of aryl methyl sites for hydroxylation is 1. The summed E-state index contributed by atoms with van der Waals surface area (Å²) in [4.78, 5) is 55.9. The standard InChI is InChI=1S/C24H23N3O5S/c1-4-5-9-26-21(29)17-7-6-16(12-19(17)22(26)30)23(31)32-13-20(28)18-11-14(2)27(15(18)3)24-25-8-10-33-24/h6-8,10-12H,4-5,9,13H2,1-3H3. The SMILES string of the molecule is CCCCN1C(=O)c2ccc(C(=O)OCC(=O)c3cc(C)n(-c4nccs4)c3C)cc2C1=O. The van der Waals surface area contributed by atoms with Crippen LogP contribution in [0.25, 0.3) is 5.13 Å². The number of hydrogen-bond acceptors (Lipinski definition) is 7. The topological polar surface area (TPSA) is 98.6 Å². The highest BCUT2D eigenvalue weighted by molar-refractivity contribution is 7.12. The number of unbranched alkanes of at least 4 members (excludes halogenated alkanes) is 1. The minimum absolute atomic E-state index is 0.119. The summed E-state index contributed by atoms with van der Waals surface area (Å²) in [5, 5.41) is 2.61. The number of Topliss-reactive ketones (excluding diaryl/α,β-unsaturated/α-hetero) is 1. The molecule has 1 aliphatic heterocycles. The molecular weight excluding hydrogens is 442 g/mol. The molecule has 0 unspecified atom stereocenters. The van der Waals surface area contributed by atoms with Gasteiger partial charge >= 0.3 is 5.97 Å². The second-order valence-electron chi connectivity index (χ2n) is 7.81. The molecule has 0 spiro atoms. The second kappa shape index (κ2) is 9.11. The number of carbonyl (C=O) groups excluding carboxylic acids is 4. The van der Waals surface area contributed by atoms with Crippen molar-refractivity contribution in [3.8, 4) is 5.13 Å². The number of ether oxygens (including phenoxy) is 1. The minimum Gasteiger partial charge on any atom is -0.454 e. The van der Waals surface area contributed by atoms with Gasteiger partial charge in [-0.25, -0.2) is 9.78 Å². The number of carbonyl (C=O) groups is 4. The Kier molecular flexibility index (Phi) is 6.24. The number of benzene rings is 1. The number of nitrogens with zero attached hydrogens (tertiary/aromatic N) is 3. The highest BCUT2D eigenvalue weighted by Gasteiger charge is 2.35. The van der Waals surface area contributed by atoms with E-state index in [9.17, 15) is 19.2 Å². The number of esters is 1. The molecule has 3 aromatic rings. The number of amides is 2. The van der Waals surface area contributed by atoms with E-state index in [2.05, 4.69) is 4.98 Å². The minimum atomic E-state index is -0.730. The number of thiazole rings is 1. The Hall–Kier alpha value is -3.59. The van der Waals surface area contributed by atoms with E-state index in [-0.39, 0.29) is 28.4 Å². The normalized spacial score (nSPS) is 12.9. The van der Waals surface area contributed by atoms with Crippen LogP contribution in [0.15, 0.2) is 35.8 Å². The Bertz CT molecular complexity index is 1260. The van der Waals surface area contributed by atoms with E-state index >= 15 is 0 Å². The molecule has 0 radical (unpaired) electrons. The van der Waals surface area contributed by atoms with E-state index < -0.39 is 18.5 Å². The Balaban J connectivity index is 1.46. The second-order valence-corrected chi connectivity index (χ2v) is 8.68. The molecule has 1 aromatic carbocycles. The molecule has 0 saturated heterocycles. The lowest BCUT2D eigenvalue weighted by Crippen LogP contribution is -2.30. The Morgan fingerprint density at radius 2 is 1.85 bits per heavy atom. The number of aromatic nitrogens is 2. The molecule has 0 N–H and O–H groups in total. The van der Waals surface area contributed by atoms with Crippen LogP contribution in [0, 0.1) is 13.8 Å². The number of fused-ring (bicyclic) bond motifs is 1. The van der Waals surface area contributed by atoms with Crippen molar-refractivity contribution in [3.05, 3.63) is 69.5 Å². The summed E-state index contributed by atoms with van der Waals surface area (Å²) in [6, 6.07) is 6.01. The molecule has 0 fully saturated rings. The van der Waals surface area contributed by atoms with Crippen molar-refractivity contribution in [2.24, 2.45) is 0 Å². The van der Waals surface area contributed by atoms with Gasteiger partial charge in [0.1, 0.15) is 0 Å². The Labute approximate surface area is 194 Å². The third kappa shape index (κ3) is 4.11. The van der Waals surface area contributed by atoms with E-state index in [4.69, 9.17) is 4.74 Å². The third-order valence-electron chi connectivity index (χ3n) is 5.62. The molecule has 0 saturated carbocycles. The number of rotatable bonds is 8. The van der Waals surface area contributed by atoms with Crippen molar-refractivity contribution in [1.29, 1.82) is 0 Å². The molecular formula is C24H23N3O5S. The number of hydrogen-bond donors (Lipinski definition) is 0. The fourth-order valence-electron chi connectivity index (χ4n) is 3.89. The Morgan fingerprint density at radius 1 is 1.09 bits per heavy atom. The Morgan fingerprint density at radius 3 is 2.55 bits per heavy atom. The molecule has 170 valence electrons. The summed E-state index contributed by atoms with van der Waals surface area (Å²) >= 11 is 1.46. The van der Waals surface area contributed by atoms with Gasteiger partial charge in [0.25, 0.3) is 11.8 Å². The highest BCUT2D eigenvalue weighted by Crippen LogP contribution is 2.25. The first-order chi connectivity index (χ1) is 15.8. The van der Waals surface area contributed by atoms with Crippen LogP contribution in [0.1, 0.15) is 72.6 Å². The van der Waals surface area contributed by atoms with E-state index in [1.54, 1.807) is 12.3 Å². The molecule has 4 rings (SSSR count). The molecule has 0 bridgehead atoms. The van der Waals surface area contributed by atoms with Crippen molar-refractivity contribution < 1.29 is 23.9 Å². The molecule has 1 aliphatic rings. The lowest BCUT2D eigenvalue weighted by Gasteiger charge is -2.12. The van der Waals surface area contributed by atoms with Crippen LogP contribution in [0.4, 0.5) is 0 Å². The fourth-order valence-corrected chi connectivity index (χ4v) is 4.65. The quantitative estimate of drug-likeness (QED) is 0.283. The van der Waals surface area contributed by atoms with Crippen LogP contribution in [-0.2, 0) is 4.74 Å². The zero-order chi connectivity index (χ0) is 23.7. The molecule has 33 heavy (non-hydrogen) atoms. The highest BCUT2D eigenvalue weighted by atomic mass is 32.1. The van der Waals surface area contributed by atoms with Crippen molar-refractivity contribution >= 4 is 34.9 Å². The van der Waals surface area contributed by atoms with Gasteiger partial charge in [-0.15, -0.1) is 11.3 Å². The van der Waals surface area contributed by atoms with Gasteiger partial charge in [-0.2, -0.15) is 0 Å². The number of imide groups is 1.